The Kier molecular flexibility index (Phi) is 3.57. The molecule has 24 heavy (non-hydrogen) atoms. The van der Waals surface area contributed by atoms with Crippen LogP contribution in [0.3, 0.4) is 0 Å². The van der Waals surface area contributed by atoms with Gasteiger partial charge in [-0.05, 0) is 24.3 Å². The van der Waals surface area contributed by atoms with Crippen molar-refractivity contribution >= 4 is 22.5 Å². The second-order valence-electron chi connectivity index (χ2n) is 5.90. The molecule has 2 heterocycles. The summed E-state index contributed by atoms with van der Waals surface area (Å²) in [5, 5.41) is 17.7. The Morgan fingerprint density at radius 3 is 2.62 bits per heavy atom. The van der Waals surface area contributed by atoms with Gasteiger partial charge in [-0.15, -0.1) is 0 Å². The maximum atomic E-state index is 12.8. The van der Waals surface area contributed by atoms with Gasteiger partial charge in [-0.3, -0.25) is 9.89 Å². The standard InChI is InChI=1S/C18H18N4O2/c23-17-7-2-1-6-16(17)21-8-10-22(11-9-21)18(24)13-4-3-5-15-14(13)12-19-20-15/h1-7,12,23H,8-11H2,(H,19,20). The van der Waals surface area contributed by atoms with E-state index in [1.165, 1.54) is 0 Å². The number of piperazine rings is 1. The number of fused-ring (bicyclic) bond motifs is 1. The van der Waals surface area contributed by atoms with Crippen molar-refractivity contribution in [1.82, 2.24) is 15.1 Å². The van der Waals surface area contributed by atoms with Crippen LogP contribution in [0.5, 0.6) is 5.75 Å². The molecule has 0 bridgehead atoms. The topological polar surface area (TPSA) is 72.5 Å². The number of benzene rings is 2. The molecule has 1 aromatic heterocycles. The van der Waals surface area contributed by atoms with Gasteiger partial charge in [0.2, 0.25) is 0 Å². The Hall–Kier alpha value is -3.02. The number of phenolic OH excluding ortho intramolecular Hbond substituents is 1. The van der Waals surface area contributed by atoms with E-state index in [0.717, 1.165) is 16.6 Å². The molecule has 6 heteroatoms. The Morgan fingerprint density at radius 1 is 1.04 bits per heavy atom. The predicted molar refractivity (Wildman–Crippen MR) is 92.3 cm³/mol. The number of nitrogens with one attached hydrogen (secondary N) is 1. The van der Waals surface area contributed by atoms with Crippen molar-refractivity contribution < 1.29 is 9.90 Å². The highest BCUT2D eigenvalue weighted by Gasteiger charge is 2.24. The molecule has 1 amide bonds. The average Bonchev–Trinajstić information content (AvgIpc) is 3.10. The molecule has 1 aliphatic heterocycles. The Labute approximate surface area is 139 Å². The normalized spacial score (nSPS) is 15.0. The molecule has 1 aliphatic rings. The number of carbonyl (C=O) groups excluding carboxylic acids is 1. The van der Waals surface area contributed by atoms with Crippen molar-refractivity contribution in [3.05, 3.63) is 54.2 Å². The molecule has 2 N–H and O–H groups in total. The number of amides is 1. The minimum atomic E-state index is 0.0268. The van der Waals surface area contributed by atoms with Crippen molar-refractivity contribution in [2.24, 2.45) is 0 Å². The molecule has 122 valence electrons. The van der Waals surface area contributed by atoms with Gasteiger partial charge in [-0.1, -0.05) is 18.2 Å². The summed E-state index contributed by atoms with van der Waals surface area (Å²) in [6, 6.07) is 12.9. The van der Waals surface area contributed by atoms with Crippen LogP contribution < -0.4 is 4.90 Å². The van der Waals surface area contributed by atoms with E-state index in [9.17, 15) is 9.90 Å². The number of hydrogen-bond donors (Lipinski definition) is 2. The van der Waals surface area contributed by atoms with Gasteiger partial charge < -0.3 is 14.9 Å². The summed E-state index contributed by atoms with van der Waals surface area (Å²) in [5.74, 6) is 0.305. The molecule has 0 unspecified atom stereocenters. The Morgan fingerprint density at radius 2 is 1.83 bits per heavy atom. The summed E-state index contributed by atoms with van der Waals surface area (Å²) < 4.78 is 0. The SMILES string of the molecule is O=C(c1cccc2[nH]ncc12)N1CCN(c2ccccc2O)CC1. The van der Waals surface area contributed by atoms with Gasteiger partial charge in [-0.25, -0.2) is 0 Å². The van der Waals surface area contributed by atoms with Crippen molar-refractivity contribution in [2.75, 3.05) is 31.1 Å². The van der Waals surface area contributed by atoms with E-state index in [2.05, 4.69) is 15.1 Å². The summed E-state index contributed by atoms with van der Waals surface area (Å²) >= 11 is 0. The molecule has 0 saturated carbocycles. The third kappa shape index (κ3) is 2.46. The molecule has 4 rings (SSSR count). The van der Waals surface area contributed by atoms with E-state index in [1.807, 2.05) is 41.3 Å². The third-order valence-corrected chi connectivity index (χ3v) is 4.50. The van der Waals surface area contributed by atoms with E-state index in [-0.39, 0.29) is 11.7 Å². The molecule has 0 atom stereocenters. The first kappa shape index (κ1) is 14.6. The first-order valence-electron chi connectivity index (χ1n) is 7.98. The van der Waals surface area contributed by atoms with E-state index < -0.39 is 0 Å². The van der Waals surface area contributed by atoms with Crippen molar-refractivity contribution in [2.45, 2.75) is 0 Å². The van der Waals surface area contributed by atoms with Crippen molar-refractivity contribution in [3.8, 4) is 5.75 Å². The van der Waals surface area contributed by atoms with Crippen molar-refractivity contribution in [1.29, 1.82) is 0 Å². The Balaban J connectivity index is 1.51. The maximum Gasteiger partial charge on any atom is 0.254 e. The predicted octanol–water partition coefficient (Wildman–Crippen LogP) is 2.23. The number of nitrogens with zero attached hydrogens (tertiary/aromatic N) is 3. The summed E-state index contributed by atoms with van der Waals surface area (Å²) in [6.45, 7) is 2.65. The number of H-pyrrole nitrogens is 1. The highest BCUT2D eigenvalue weighted by atomic mass is 16.3. The number of anilines is 1. The number of rotatable bonds is 2. The summed E-state index contributed by atoms with van der Waals surface area (Å²) in [5.41, 5.74) is 2.37. The second-order valence-corrected chi connectivity index (χ2v) is 5.90. The van der Waals surface area contributed by atoms with Gasteiger partial charge in [0, 0.05) is 31.6 Å². The molecule has 0 radical (unpaired) electrons. The van der Waals surface area contributed by atoms with Gasteiger partial charge in [0.05, 0.1) is 23.0 Å². The fourth-order valence-corrected chi connectivity index (χ4v) is 3.21. The summed E-state index contributed by atoms with van der Waals surface area (Å²) in [7, 11) is 0. The molecular weight excluding hydrogens is 304 g/mol. The number of aromatic amines is 1. The van der Waals surface area contributed by atoms with Crippen LogP contribution in [0.4, 0.5) is 5.69 Å². The van der Waals surface area contributed by atoms with Crippen LogP contribution in [0.15, 0.2) is 48.7 Å². The van der Waals surface area contributed by atoms with Gasteiger partial charge in [-0.2, -0.15) is 5.10 Å². The molecule has 2 aromatic carbocycles. The zero-order valence-corrected chi connectivity index (χ0v) is 13.1. The monoisotopic (exact) mass is 322 g/mol. The van der Waals surface area contributed by atoms with Gasteiger partial charge in [0.15, 0.2) is 0 Å². The molecule has 0 aliphatic carbocycles. The minimum absolute atomic E-state index is 0.0268. The van der Waals surface area contributed by atoms with Gasteiger partial charge in [0.1, 0.15) is 5.75 Å². The number of hydrogen-bond acceptors (Lipinski definition) is 4. The zero-order valence-electron chi connectivity index (χ0n) is 13.1. The molecule has 6 nitrogen and oxygen atoms in total. The second kappa shape index (κ2) is 5.88. The number of aromatic nitrogens is 2. The van der Waals surface area contributed by atoms with Crippen LogP contribution in [-0.2, 0) is 0 Å². The van der Waals surface area contributed by atoms with Gasteiger partial charge in [0.25, 0.3) is 5.91 Å². The van der Waals surface area contributed by atoms with Crippen LogP contribution in [0.25, 0.3) is 10.9 Å². The fourth-order valence-electron chi connectivity index (χ4n) is 3.21. The molecule has 3 aromatic rings. The number of carbonyl (C=O) groups is 1. The molecule has 1 saturated heterocycles. The highest BCUT2D eigenvalue weighted by molar-refractivity contribution is 6.06. The van der Waals surface area contributed by atoms with Crippen LogP contribution in [0.1, 0.15) is 10.4 Å². The van der Waals surface area contributed by atoms with Gasteiger partial charge >= 0.3 is 0 Å². The molecule has 1 fully saturated rings. The largest absolute Gasteiger partial charge is 0.506 e. The first-order chi connectivity index (χ1) is 11.7. The lowest BCUT2D eigenvalue weighted by molar-refractivity contribution is 0.0748. The Bertz CT molecular complexity index is 881. The highest BCUT2D eigenvalue weighted by Crippen LogP contribution is 2.27. The maximum absolute atomic E-state index is 12.8. The van der Waals surface area contributed by atoms with Crippen LogP contribution in [0.2, 0.25) is 0 Å². The lowest BCUT2D eigenvalue weighted by Gasteiger charge is -2.36. The molecular formula is C18H18N4O2. The quantitative estimate of drug-likeness (QED) is 0.759. The third-order valence-electron chi connectivity index (χ3n) is 4.50. The van der Waals surface area contributed by atoms with Crippen LogP contribution in [-0.4, -0.2) is 52.3 Å². The first-order valence-corrected chi connectivity index (χ1v) is 7.98. The average molecular weight is 322 g/mol. The number of para-hydroxylation sites is 2. The number of aromatic hydroxyl groups is 1. The van der Waals surface area contributed by atoms with Crippen LogP contribution in [0, 0.1) is 0 Å². The fraction of sp³-hybridized carbons (Fsp3) is 0.222. The van der Waals surface area contributed by atoms with Crippen molar-refractivity contribution in [3.63, 3.8) is 0 Å². The zero-order chi connectivity index (χ0) is 16.5. The summed E-state index contributed by atoms with van der Waals surface area (Å²) in [6.07, 6.45) is 1.70. The smallest absolute Gasteiger partial charge is 0.254 e. The lowest BCUT2D eigenvalue weighted by atomic mass is 10.1. The lowest BCUT2D eigenvalue weighted by Crippen LogP contribution is -2.48. The van der Waals surface area contributed by atoms with E-state index in [0.29, 0.717) is 31.7 Å². The van der Waals surface area contributed by atoms with Crippen LogP contribution >= 0.6 is 0 Å². The summed E-state index contributed by atoms with van der Waals surface area (Å²) in [4.78, 5) is 16.8. The number of phenols is 1. The van der Waals surface area contributed by atoms with E-state index in [1.54, 1.807) is 12.3 Å². The van der Waals surface area contributed by atoms with E-state index >= 15 is 0 Å². The molecule has 0 spiro atoms. The van der Waals surface area contributed by atoms with E-state index in [4.69, 9.17) is 0 Å². The minimum Gasteiger partial charge on any atom is -0.506 e.